The number of benzene rings is 1. The molecular formula is C15H17N3O3. The number of rotatable bonds is 5. The SMILES string of the molecule is CCC[C@H](NC(=O)Nc1cccc2ccncc12)C(=O)O. The summed E-state index contributed by atoms with van der Waals surface area (Å²) in [6.07, 6.45) is 4.40. The molecule has 1 heterocycles. The maximum atomic E-state index is 11.9. The van der Waals surface area contributed by atoms with Crippen LogP contribution in [0.15, 0.2) is 36.7 Å². The molecule has 1 aromatic carbocycles. The molecule has 2 aromatic rings. The molecule has 0 saturated carbocycles. The Hall–Kier alpha value is -2.63. The Morgan fingerprint density at radius 2 is 2.14 bits per heavy atom. The Kier molecular flexibility index (Phi) is 4.71. The highest BCUT2D eigenvalue weighted by atomic mass is 16.4. The summed E-state index contributed by atoms with van der Waals surface area (Å²) in [5.74, 6) is -1.04. The quantitative estimate of drug-likeness (QED) is 0.788. The second-order valence-corrected chi connectivity index (χ2v) is 4.68. The second kappa shape index (κ2) is 6.69. The zero-order valence-electron chi connectivity index (χ0n) is 11.7. The van der Waals surface area contributed by atoms with E-state index in [1.54, 1.807) is 18.5 Å². The number of anilines is 1. The summed E-state index contributed by atoms with van der Waals surface area (Å²) in [6.45, 7) is 1.87. The monoisotopic (exact) mass is 287 g/mol. The van der Waals surface area contributed by atoms with Crippen molar-refractivity contribution < 1.29 is 14.7 Å². The lowest BCUT2D eigenvalue weighted by Crippen LogP contribution is -2.42. The fraction of sp³-hybridized carbons (Fsp3) is 0.267. The van der Waals surface area contributed by atoms with Crippen LogP contribution >= 0.6 is 0 Å². The van der Waals surface area contributed by atoms with Crippen LogP contribution in [0.5, 0.6) is 0 Å². The molecule has 0 fully saturated rings. The Bertz CT molecular complexity index is 652. The van der Waals surface area contributed by atoms with Gasteiger partial charge in [-0.05, 0) is 23.9 Å². The predicted octanol–water partition coefficient (Wildman–Crippen LogP) is 2.61. The molecule has 0 aliphatic heterocycles. The first-order chi connectivity index (χ1) is 10.1. The van der Waals surface area contributed by atoms with E-state index in [0.717, 1.165) is 10.8 Å². The van der Waals surface area contributed by atoms with Crippen LogP contribution in [-0.4, -0.2) is 28.1 Å². The summed E-state index contributed by atoms with van der Waals surface area (Å²) in [6, 6.07) is 5.90. The minimum atomic E-state index is -1.04. The fourth-order valence-corrected chi connectivity index (χ4v) is 2.09. The van der Waals surface area contributed by atoms with E-state index >= 15 is 0 Å². The van der Waals surface area contributed by atoms with E-state index in [-0.39, 0.29) is 0 Å². The van der Waals surface area contributed by atoms with Gasteiger partial charge in [0.2, 0.25) is 0 Å². The number of carbonyl (C=O) groups excluding carboxylic acids is 1. The summed E-state index contributed by atoms with van der Waals surface area (Å²) in [4.78, 5) is 27.0. The lowest BCUT2D eigenvalue weighted by atomic mass is 10.1. The van der Waals surface area contributed by atoms with Gasteiger partial charge in [-0.25, -0.2) is 9.59 Å². The van der Waals surface area contributed by atoms with Crippen LogP contribution in [0.2, 0.25) is 0 Å². The highest BCUT2D eigenvalue weighted by Gasteiger charge is 2.18. The van der Waals surface area contributed by atoms with Crippen LogP contribution in [0.1, 0.15) is 19.8 Å². The lowest BCUT2D eigenvalue weighted by Gasteiger charge is -2.15. The molecule has 2 rings (SSSR count). The molecule has 2 amide bonds. The van der Waals surface area contributed by atoms with Gasteiger partial charge in [0.1, 0.15) is 6.04 Å². The lowest BCUT2D eigenvalue weighted by molar-refractivity contribution is -0.139. The highest BCUT2D eigenvalue weighted by molar-refractivity contribution is 6.01. The van der Waals surface area contributed by atoms with E-state index in [9.17, 15) is 9.59 Å². The number of aliphatic carboxylic acids is 1. The van der Waals surface area contributed by atoms with E-state index < -0.39 is 18.0 Å². The van der Waals surface area contributed by atoms with Gasteiger partial charge in [-0.2, -0.15) is 0 Å². The normalized spacial score (nSPS) is 11.9. The highest BCUT2D eigenvalue weighted by Crippen LogP contribution is 2.21. The number of hydrogen-bond acceptors (Lipinski definition) is 3. The molecular weight excluding hydrogens is 270 g/mol. The Morgan fingerprint density at radius 1 is 1.33 bits per heavy atom. The number of nitrogens with zero attached hydrogens (tertiary/aromatic N) is 1. The molecule has 110 valence electrons. The van der Waals surface area contributed by atoms with Gasteiger partial charge in [-0.15, -0.1) is 0 Å². The zero-order chi connectivity index (χ0) is 15.2. The molecule has 0 saturated heterocycles. The van der Waals surface area contributed by atoms with Crippen LogP contribution in [-0.2, 0) is 4.79 Å². The summed E-state index contributed by atoms with van der Waals surface area (Å²) < 4.78 is 0. The Labute approximate surface area is 122 Å². The number of pyridine rings is 1. The van der Waals surface area contributed by atoms with Crippen molar-refractivity contribution in [2.45, 2.75) is 25.8 Å². The third-order valence-electron chi connectivity index (χ3n) is 3.11. The predicted molar refractivity (Wildman–Crippen MR) is 80.2 cm³/mol. The van der Waals surface area contributed by atoms with Crippen molar-refractivity contribution in [3.8, 4) is 0 Å². The molecule has 3 N–H and O–H groups in total. The molecule has 6 heteroatoms. The third kappa shape index (κ3) is 3.68. The Morgan fingerprint density at radius 3 is 2.86 bits per heavy atom. The van der Waals surface area contributed by atoms with Crippen LogP contribution in [0.25, 0.3) is 10.8 Å². The van der Waals surface area contributed by atoms with Crippen molar-refractivity contribution in [2.24, 2.45) is 0 Å². The molecule has 21 heavy (non-hydrogen) atoms. The first-order valence-electron chi connectivity index (χ1n) is 6.75. The molecule has 0 spiro atoms. The molecule has 1 atom stereocenters. The van der Waals surface area contributed by atoms with E-state index in [4.69, 9.17) is 5.11 Å². The molecule has 6 nitrogen and oxygen atoms in total. The van der Waals surface area contributed by atoms with Crippen molar-refractivity contribution >= 4 is 28.5 Å². The number of fused-ring (bicyclic) bond motifs is 1. The largest absolute Gasteiger partial charge is 0.480 e. The average molecular weight is 287 g/mol. The molecule has 0 radical (unpaired) electrons. The third-order valence-corrected chi connectivity index (χ3v) is 3.11. The van der Waals surface area contributed by atoms with Gasteiger partial charge in [-0.3, -0.25) is 4.98 Å². The number of urea groups is 1. The van der Waals surface area contributed by atoms with Gasteiger partial charge in [0.25, 0.3) is 0 Å². The van der Waals surface area contributed by atoms with Gasteiger partial charge >= 0.3 is 12.0 Å². The molecule has 0 bridgehead atoms. The summed E-state index contributed by atoms with van der Waals surface area (Å²) in [7, 11) is 0. The number of carboxylic acid groups (broad SMARTS) is 1. The first-order valence-corrected chi connectivity index (χ1v) is 6.75. The smallest absolute Gasteiger partial charge is 0.326 e. The standard InChI is InChI=1S/C15H17N3O3/c1-2-4-13(14(19)20)18-15(21)17-12-6-3-5-10-7-8-16-9-11(10)12/h3,5-9,13H,2,4H2,1H3,(H,19,20)(H2,17,18,21)/t13-/m0/s1. The second-order valence-electron chi connectivity index (χ2n) is 4.68. The van der Waals surface area contributed by atoms with Gasteiger partial charge in [0.05, 0.1) is 5.69 Å². The van der Waals surface area contributed by atoms with Crippen molar-refractivity contribution in [3.63, 3.8) is 0 Å². The average Bonchev–Trinajstić information content (AvgIpc) is 2.47. The van der Waals surface area contributed by atoms with Gasteiger partial charge in [-0.1, -0.05) is 25.5 Å². The van der Waals surface area contributed by atoms with E-state index in [2.05, 4.69) is 15.6 Å². The minimum Gasteiger partial charge on any atom is -0.480 e. The molecule has 0 aliphatic carbocycles. The van der Waals surface area contributed by atoms with E-state index in [0.29, 0.717) is 18.5 Å². The van der Waals surface area contributed by atoms with Crippen molar-refractivity contribution in [1.82, 2.24) is 10.3 Å². The number of aromatic nitrogens is 1. The summed E-state index contributed by atoms with van der Waals surface area (Å²) >= 11 is 0. The molecule has 1 aromatic heterocycles. The molecule has 0 unspecified atom stereocenters. The summed E-state index contributed by atoms with van der Waals surface area (Å²) in [5, 5.41) is 15.9. The number of nitrogens with one attached hydrogen (secondary N) is 2. The topological polar surface area (TPSA) is 91.3 Å². The van der Waals surface area contributed by atoms with Crippen LogP contribution in [0.4, 0.5) is 10.5 Å². The van der Waals surface area contributed by atoms with Crippen LogP contribution in [0, 0.1) is 0 Å². The maximum Gasteiger partial charge on any atom is 0.326 e. The van der Waals surface area contributed by atoms with E-state index in [1.807, 2.05) is 25.1 Å². The maximum absolute atomic E-state index is 11.9. The van der Waals surface area contributed by atoms with Crippen LogP contribution < -0.4 is 10.6 Å². The number of carbonyl (C=O) groups is 2. The van der Waals surface area contributed by atoms with E-state index in [1.165, 1.54) is 0 Å². The van der Waals surface area contributed by atoms with Gasteiger partial charge in [0, 0.05) is 17.8 Å². The Balaban J connectivity index is 2.13. The number of hydrogen-bond donors (Lipinski definition) is 3. The summed E-state index contributed by atoms with van der Waals surface area (Å²) in [5.41, 5.74) is 0.596. The van der Waals surface area contributed by atoms with Crippen LogP contribution in [0.3, 0.4) is 0 Å². The minimum absolute atomic E-state index is 0.389. The fourth-order valence-electron chi connectivity index (χ4n) is 2.09. The number of amides is 2. The first kappa shape index (κ1) is 14.8. The van der Waals surface area contributed by atoms with Crippen molar-refractivity contribution in [1.29, 1.82) is 0 Å². The molecule has 0 aliphatic rings. The number of carboxylic acids is 1. The van der Waals surface area contributed by atoms with Gasteiger partial charge < -0.3 is 15.7 Å². The zero-order valence-corrected chi connectivity index (χ0v) is 11.7. The van der Waals surface area contributed by atoms with Crippen molar-refractivity contribution in [2.75, 3.05) is 5.32 Å². The van der Waals surface area contributed by atoms with Crippen molar-refractivity contribution in [3.05, 3.63) is 36.7 Å². The van der Waals surface area contributed by atoms with Gasteiger partial charge in [0.15, 0.2) is 0 Å².